The van der Waals surface area contributed by atoms with Crippen molar-refractivity contribution in [1.29, 1.82) is 0 Å². The summed E-state index contributed by atoms with van der Waals surface area (Å²) in [5, 5.41) is 1.83. The molecule has 0 amide bonds. The number of thiocarbonyl (C=S) groups is 1. The second-order valence-corrected chi connectivity index (χ2v) is 0.471. The summed E-state index contributed by atoms with van der Waals surface area (Å²) in [4.78, 5) is 8.96. The summed E-state index contributed by atoms with van der Waals surface area (Å²) in [5.74, 6) is 0. The molecule has 0 rings (SSSR count). The number of hydrogen-bond acceptors (Lipinski definition) is 2. The van der Waals surface area contributed by atoms with Gasteiger partial charge in [0.05, 0.1) is 5.37 Å². The fraction of sp³-hybridized carbons (Fsp3) is 0. The Bertz CT molecular complexity index is 27.0. The van der Waals surface area contributed by atoms with Crippen LogP contribution in [0.25, 0.3) is 0 Å². The molecule has 2 heteroatoms. The van der Waals surface area contributed by atoms with Gasteiger partial charge >= 0.3 is 0 Å². The van der Waals surface area contributed by atoms with Crippen molar-refractivity contribution in [3.8, 4) is 0 Å². The zero-order valence-electron chi connectivity index (χ0n) is 1.89. The average molecular weight is 73.1 g/mol. The number of aldehydes is 1. The first-order chi connectivity index (χ1) is 1.91. The fourth-order valence-corrected chi connectivity index (χ4v) is 0. The first-order valence-electron chi connectivity index (χ1n) is 0.729. The Labute approximate surface area is 29.6 Å². The highest BCUT2D eigenvalue weighted by Gasteiger charge is 1.44. The summed E-state index contributed by atoms with van der Waals surface area (Å²) >= 11 is 3.94. The van der Waals surface area contributed by atoms with Gasteiger partial charge in [-0.3, -0.25) is 4.79 Å². The molecular formula is C2HOS. The van der Waals surface area contributed by atoms with Crippen molar-refractivity contribution in [1.82, 2.24) is 0 Å². The minimum absolute atomic E-state index is 0.440. The molecule has 0 spiro atoms. The topological polar surface area (TPSA) is 17.1 Å². The normalized spacial score (nSPS) is 5.00. The summed E-state index contributed by atoms with van der Waals surface area (Å²) in [6, 6.07) is 0. The molecule has 1 radical (unpaired) electrons. The van der Waals surface area contributed by atoms with Crippen LogP contribution < -0.4 is 0 Å². The maximum Gasteiger partial charge on any atom is 0.162 e. The number of hydrogen-bond donors (Lipinski definition) is 0. The third kappa shape index (κ3) is 1.76. The van der Waals surface area contributed by atoms with Gasteiger partial charge in [0.1, 0.15) is 0 Å². The van der Waals surface area contributed by atoms with Crippen LogP contribution in [0.1, 0.15) is 0 Å². The predicted molar refractivity (Wildman–Crippen MR) is 18.7 cm³/mol. The van der Waals surface area contributed by atoms with Gasteiger partial charge in [0.25, 0.3) is 0 Å². The number of rotatable bonds is 1. The molecule has 4 heavy (non-hydrogen) atoms. The lowest BCUT2D eigenvalue weighted by molar-refractivity contribution is -0.102. The van der Waals surface area contributed by atoms with E-state index < -0.39 is 0 Å². The van der Waals surface area contributed by atoms with Crippen molar-refractivity contribution in [2.75, 3.05) is 0 Å². The quantitative estimate of drug-likeness (QED) is 0.322. The molecule has 0 unspecified atom stereocenters. The molecule has 0 aromatic rings. The van der Waals surface area contributed by atoms with Crippen LogP contribution in [0.4, 0.5) is 0 Å². The Kier molecular flexibility index (Phi) is 2.59. The molecule has 1 nitrogen and oxygen atoms in total. The van der Waals surface area contributed by atoms with Crippen LogP contribution in [-0.2, 0) is 4.79 Å². The van der Waals surface area contributed by atoms with Crippen molar-refractivity contribution in [3.05, 3.63) is 0 Å². The van der Waals surface area contributed by atoms with Crippen molar-refractivity contribution < 1.29 is 4.79 Å². The molecule has 0 saturated carbocycles. The maximum atomic E-state index is 8.96. The molecule has 0 aliphatic heterocycles. The van der Waals surface area contributed by atoms with Gasteiger partial charge in [0.2, 0.25) is 0 Å². The Morgan fingerprint density at radius 2 is 2.25 bits per heavy atom. The number of carbonyl (C=O) groups excluding carboxylic acids is 1. The minimum atomic E-state index is 0.440. The van der Waals surface area contributed by atoms with E-state index in [0.717, 1.165) is 0 Å². The van der Waals surface area contributed by atoms with Crippen molar-refractivity contribution in [2.24, 2.45) is 0 Å². The lowest BCUT2D eigenvalue weighted by Gasteiger charge is -1.32. The van der Waals surface area contributed by atoms with Crippen LogP contribution in [0.2, 0.25) is 0 Å². The standard InChI is InChI=1S/C2HOS/c3-1-2-4/h1H. The summed E-state index contributed by atoms with van der Waals surface area (Å²) in [5.41, 5.74) is 0. The minimum Gasteiger partial charge on any atom is -0.297 e. The van der Waals surface area contributed by atoms with E-state index in [2.05, 4.69) is 12.2 Å². The van der Waals surface area contributed by atoms with Crippen LogP contribution >= 0.6 is 12.2 Å². The van der Waals surface area contributed by atoms with E-state index in [1.807, 2.05) is 5.37 Å². The fourth-order valence-electron chi connectivity index (χ4n) is 0. The Hall–Kier alpha value is -0.240. The molecule has 0 saturated heterocycles. The van der Waals surface area contributed by atoms with E-state index in [9.17, 15) is 0 Å². The Morgan fingerprint density at radius 3 is 2.25 bits per heavy atom. The maximum absolute atomic E-state index is 8.96. The Morgan fingerprint density at radius 1 is 2.00 bits per heavy atom. The SMILES string of the molecule is O=C[C]=S. The van der Waals surface area contributed by atoms with E-state index in [1.54, 1.807) is 0 Å². The highest BCUT2D eigenvalue weighted by Crippen LogP contribution is 1.30. The largest absolute Gasteiger partial charge is 0.297 e. The van der Waals surface area contributed by atoms with Gasteiger partial charge in [-0.05, 0) is 0 Å². The third-order valence-electron chi connectivity index (χ3n) is 0.0481. The molecule has 0 atom stereocenters. The molecule has 0 fully saturated rings. The van der Waals surface area contributed by atoms with Gasteiger partial charge in [0, 0.05) is 0 Å². The Balaban J connectivity index is 2.73. The lowest BCUT2D eigenvalue weighted by Crippen LogP contribution is -1.57. The van der Waals surface area contributed by atoms with Crippen LogP contribution in [0, 0.1) is 0 Å². The lowest BCUT2D eigenvalue weighted by atomic mass is 10.9. The van der Waals surface area contributed by atoms with Gasteiger partial charge < -0.3 is 0 Å². The third-order valence-corrected chi connectivity index (χ3v) is 0.144. The molecule has 0 aromatic heterocycles. The summed E-state index contributed by atoms with van der Waals surface area (Å²) in [6.45, 7) is 0. The van der Waals surface area contributed by atoms with Gasteiger partial charge in [-0.2, -0.15) is 0 Å². The second kappa shape index (κ2) is 2.76. The van der Waals surface area contributed by atoms with E-state index in [4.69, 9.17) is 4.79 Å². The molecule has 0 aromatic carbocycles. The van der Waals surface area contributed by atoms with E-state index in [-0.39, 0.29) is 0 Å². The van der Waals surface area contributed by atoms with E-state index in [1.165, 1.54) is 0 Å². The van der Waals surface area contributed by atoms with Gasteiger partial charge in [0.15, 0.2) is 6.29 Å². The molecule has 0 N–H and O–H groups in total. The second-order valence-electron chi connectivity index (χ2n) is 0.236. The first kappa shape index (κ1) is 3.76. The molecule has 0 bridgehead atoms. The van der Waals surface area contributed by atoms with Crippen molar-refractivity contribution >= 4 is 23.9 Å². The molecule has 0 heterocycles. The molecule has 0 aliphatic rings. The summed E-state index contributed by atoms with van der Waals surface area (Å²) in [7, 11) is 0. The summed E-state index contributed by atoms with van der Waals surface area (Å²) in [6.07, 6.45) is 0.440. The van der Waals surface area contributed by atoms with Gasteiger partial charge in [-0.15, -0.1) is 0 Å². The van der Waals surface area contributed by atoms with Gasteiger partial charge in [-0.25, -0.2) is 0 Å². The van der Waals surface area contributed by atoms with Crippen LogP contribution in [0.3, 0.4) is 0 Å². The van der Waals surface area contributed by atoms with Crippen LogP contribution in [0.15, 0.2) is 0 Å². The van der Waals surface area contributed by atoms with Crippen molar-refractivity contribution in [3.63, 3.8) is 0 Å². The van der Waals surface area contributed by atoms with E-state index in [0.29, 0.717) is 6.29 Å². The van der Waals surface area contributed by atoms with Crippen LogP contribution in [-0.4, -0.2) is 11.7 Å². The van der Waals surface area contributed by atoms with Crippen molar-refractivity contribution in [2.45, 2.75) is 0 Å². The van der Waals surface area contributed by atoms with Gasteiger partial charge in [-0.1, -0.05) is 12.2 Å². The highest BCUT2D eigenvalue weighted by molar-refractivity contribution is 7.80. The molecule has 0 aliphatic carbocycles. The van der Waals surface area contributed by atoms with E-state index >= 15 is 0 Å². The zero-order valence-corrected chi connectivity index (χ0v) is 2.71. The predicted octanol–water partition coefficient (Wildman–Crippen LogP) is 0.0620. The monoisotopic (exact) mass is 73.0 g/mol. The highest BCUT2D eigenvalue weighted by atomic mass is 32.1. The number of carbonyl (C=O) groups is 1. The average Bonchev–Trinajstić information content (AvgIpc) is 1.37. The molecule has 21 valence electrons. The van der Waals surface area contributed by atoms with Crippen LogP contribution in [0.5, 0.6) is 0 Å². The summed E-state index contributed by atoms with van der Waals surface area (Å²) < 4.78 is 0. The zero-order chi connectivity index (χ0) is 3.41. The molecular weight excluding hydrogens is 72.1 g/mol. The first-order valence-corrected chi connectivity index (χ1v) is 1.14. The smallest absolute Gasteiger partial charge is 0.162 e.